The van der Waals surface area contributed by atoms with E-state index < -0.39 is 31.8 Å². The molecule has 0 aliphatic carbocycles. The summed E-state index contributed by atoms with van der Waals surface area (Å²) in [4.78, 5) is 1.63. The molecule has 0 amide bonds. The average Bonchev–Trinajstić information content (AvgIpc) is 2.84. The SMILES string of the molecule is COc1cccc(S(=O)(=O)CCN(CCO)[C@@H]2CS(=O)(=O)C[C@H]2O)c1. The summed E-state index contributed by atoms with van der Waals surface area (Å²) in [6, 6.07) is 5.38. The highest BCUT2D eigenvalue weighted by molar-refractivity contribution is 7.91. The molecule has 0 radical (unpaired) electrons. The summed E-state index contributed by atoms with van der Waals surface area (Å²) in [7, 11) is -5.54. The van der Waals surface area contributed by atoms with Crippen molar-refractivity contribution in [3.8, 4) is 5.75 Å². The van der Waals surface area contributed by atoms with Crippen LogP contribution in [0.3, 0.4) is 0 Å². The predicted octanol–water partition coefficient (Wildman–Crippen LogP) is -1.08. The van der Waals surface area contributed by atoms with Gasteiger partial charge in [0.15, 0.2) is 19.7 Å². The van der Waals surface area contributed by atoms with Gasteiger partial charge in [0.1, 0.15) is 5.75 Å². The van der Waals surface area contributed by atoms with Gasteiger partial charge >= 0.3 is 0 Å². The molecule has 0 bridgehead atoms. The Morgan fingerprint density at radius 2 is 2.00 bits per heavy atom. The maximum absolute atomic E-state index is 12.5. The second-order valence-electron chi connectivity index (χ2n) is 5.97. The van der Waals surface area contributed by atoms with Crippen molar-refractivity contribution >= 4 is 19.7 Å². The summed E-state index contributed by atoms with van der Waals surface area (Å²) in [5.41, 5.74) is 0. The van der Waals surface area contributed by atoms with Crippen LogP contribution in [0.2, 0.25) is 0 Å². The van der Waals surface area contributed by atoms with E-state index in [1.165, 1.54) is 24.1 Å². The molecule has 1 saturated heterocycles. The van der Waals surface area contributed by atoms with Crippen molar-refractivity contribution in [2.75, 3.05) is 44.1 Å². The first kappa shape index (κ1) is 20.1. The Morgan fingerprint density at radius 1 is 1.28 bits per heavy atom. The lowest BCUT2D eigenvalue weighted by Gasteiger charge is -2.29. The van der Waals surface area contributed by atoms with E-state index in [2.05, 4.69) is 0 Å². The monoisotopic (exact) mass is 393 g/mol. The largest absolute Gasteiger partial charge is 0.497 e. The van der Waals surface area contributed by atoms with Crippen LogP contribution in [0.4, 0.5) is 0 Å². The number of hydrogen-bond donors (Lipinski definition) is 2. The number of ether oxygens (including phenoxy) is 1. The van der Waals surface area contributed by atoms with Crippen molar-refractivity contribution in [3.63, 3.8) is 0 Å². The zero-order valence-electron chi connectivity index (χ0n) is 13.9. The van der Waals surface area contributed by atoms with E-state index in [1.807, 2.05) is 0 Å². The number of hydrogen-bond acceptors (Lipinski definition) is 8. The third-order valence-corrected chi connectivity index (χ3v) is 7.59. The molecule has 2 atom stereocenters. The van der Waals surface area contributed by atoms with E-state index in [9.17, 15) is 27.0 Å². The van der Waals surface area contributed by atoms with Crippen LogP contribution in [0.5, 0.6) is 5.75 Å². The summed E-state index contributed by atoms with van der Waals surface area (Å²) in [5.74, 6) is -0.426. The molecule has 1 heterocycles. The lowest BCUT2D eigenvalue weighted by Crippen LogP contribution is -2.46. The molecule has 25 heavy (non-hydrogen) atoms. The second kappa shape index (κ2) is 8.00. The fraction of sp³-hybridized carbons (Fsp3) is 0.600. The number of benzene rings is 1. The molecule has 0 saturated carbocycles. The number of aliphatic hydroxyl groups is 2. The topological polar surface area (TPSA) is 121 Å². The molecule has 0 spiro atoms. The van der Waals surface area contributed by atoms with Crippen LogP contribution < -0.4 is 4.74 Å². The van der Waals surface area contributed by atoms with E-state index >= 15 is 0 Å². The Balaban J connectivity index is 2.12. The van der Waals surface area contributed by atoms with Crippen LogP contribution in [-0.4, -0.2) is 88.2 Å². The van der Waals surface area contributed by atoms with Crippen molar-refractivity contribution in [3.05, 3.63) is 24.3 Å². The van der Waals surface area contributed by atoms with Crippen molar-refractivity contribution in [2.45, 2.75) is 17.0 Å². The minimum absolute atomic E-state index is 0.0113. The zero-order valence-corrected chi connectivity index (χ0v) is 15.5. The first-order valence-electron chi connectivity index (χ1n) is 7.79. The average molecular weight is 393 g/mol. The molecule has 8 nitrogen and oxygen atoms in total. The third kappa shape index (κ3) is 5.14. The Labute approximate surface area is 147 Å². The fourth-order valence-electron chi connectivity index (χ4n) is 2.88. The van der Waals surface area contributed by atoms with Crippen LogP contribution in [0.1, 0.15) is 0 Å². The molecule has 1 aliphatic rings. The van der Waals surface area contributed by atoms with Gasteiger partial charge < -0.3 is 14.9 Å². The van der Waals surface area contributed by atoms with Gasteiger partial charge in [0.2, 0.25) is 0 Å². The molecule has 0 unspecified atom stereocenters. The highest BCUT2D eigenvalue weighted by atomic mass is 32.2. The van der Waals surface area contributed by atoms with Gasteiger partial charge in [0.05, 0.1) is 48.0 Å². The third-order valence-electron chi connectivity index (χ3n) is 4.20. The number of rotatable bonds is 8. The molecular weight excluding hydrogens is 370 g/mol. The molecule has 1 aromatic rings. The van der Waals surface area contributed by atoms with E-state index in [4.69, 9.17) is 4.74 Å². The minimum atomic E-state index is -3.62. The van der Waals surface area contributed by atoms with Gasteiger partial charge in [0, 0.05) is 13.1 Å². The number of aliphatic hydroxyl groups excluding tert-OH is 2. The standard InChI is InChI=1S/C15H23NO7S2/c1-23-12-3-2-4-13(9-12)25(21,22)8-6-16(5-7-17)14-10-24(19,20)11-15(14)18/h2-4,9,14-15,17-18H,5-8,10-11H2,1H3/t14-,15-/m1/s1. The van der Waals surface area contributed by atoms with Gasteiger partial charge in [-0.15, -0.1) is 0 Å². The molecular formula is C15H23NO7S2. The number of sulfone groups is 2. The van der Waals surface area contributed by atoms with E-state index in [1.54, 1.807) is 12.1 Å². The lowest BCUT2D eigenvalue weighted by molar-refractivity contribution is 0.0744. The van der Waals surface area contributed by atoms with Crippen molar-refractivity contribution < 1.29 is 31.8 Å². The quantitative estimate of drug-likeness (QED) is 0.572. The highest BCUT2D eigenvalue weighted by Crippen LogP contribution is 2.21. The van der Waals surface area contributed by atoms with Gasteiger partial charge in [-0.1, -0.05) is 6.07 Å². The molecule has 1 aliphatic heterocycles. The van der Waals surface area contributed by atoms with E-state index in [-0.39, 0.29) is 41.9 Å². The smallest absolute Gasteiger partial charge is 0.179 e. The van der Waals surface area contributed by atoms with Crippen molar-refractivity contribution in [1.82, 2.24) is 4.90 Å². The highest BCUT2D eigenvalue weighted by Gasteiger charge is 2.40. The van der Waals surface area contributed by atoms with Crippen LogP contribution in [0.25, 0.3) is 0 Å². The molecule has 0 aromatic heterocycles. The molecule has 1 fully saturated rings. The lowest BCUT2D eigenvalue weighted by atomic mass is 10.2. The summed E-state index contributed by atoms with van der Waals surface area (Å²) < 4.78 is 53.4. The molecule has 142 valence electrons. The molecule has 2 N–H and O–H groups in total. The maximum atomic E-state index is 12.5. The van der Waals surface area contributed by atoms with Crippen molar-refractivity contribution in [2.24, 2.45) is 0 Å². The second-order valence-corrected chi connectivity index (χ2v) is 10.2. The molecule has 1 aromatic carbocycles. The summed E-state index contributed by atoms with van der Waals surface area (Å²) in [5, 5.41) is 19.2. The van der Waals surface area contributed by atoms with E-state index in [0.717, 1.165) is 0 Å². The van der Waals surface area contributed by atoms with Gasteiger partial charge in [-0.3, -0.25) is 4.90 Å². The van der Waals surface area contributed by atoms with Crippen LogP contribution in [-0.2, 0) is 19.7 Å². The first-order valence-corrected chi connectivity index (χ1v) is 11.3. The van der Waals surface area contributed by atoms with Crippen LogP contribution in [0, 0.1) is 0 Å². The van der Waals surface area contributed by atoms with Gasteiger partial charge in [-0.05, 0) is 18.2 Å². The minimum Gasteiger partial charge on any atom is -0.497 e. The summed E-state index contributed by atoms with van der Waals surface area (Å²) >= 11 is 0. The van der Waals surface area contributed by atoms with E-state index in [0.29, 0.717) is 5.75 Å². The van der Waals surface area contributed by atoms with Gasteiger partial charge in [-0.25, -0.2) is 16.8 Å². The predicted molar refractivity (Wildman–Crippen MR) is 92.2 cm³/mol. The fourth-order valence-corrected chi connectivity index (χ4v) is 6.01. The first-order chi connectivity index (χ1) is 11.7. The van der Waals surface area contributed by atoms with Gasteiger partial charge in [0.25, 0.3) is 0 Å². The molecule has 10 heteroatoms. The normalized spacial score (nSPS) is 23.0. The van der Waals surface area contributed by atoms with Crippen molar-refractivity contribution in [1.29, 1.82) is 0 Å². The van der Waals surface area contributed by atoms with Gasteiger partial charge in [-0.2, -0.15) is 0 Å². The molecule has 2 rings (SSSR count). The summed E-state index contributed by atoms with van der Waals surface area (Å²) in [6.07, 6.45) is -1.09. The summed E-state index contributed by atoms with van der Waals surface area (Å²) in [6.45, 7) is -0.162. The van der Waals surface area contributed by atoms with Crippen LogP contribution >= 0.6 is 0 Å². The number of methoxy groups -OCH3 is 1. The number of nitrogens with zero attached hydrogens (tertiary/aromatic N) is 1. The maximum Gasteiger partial charge on any atom is 0.179 e. The Morgan fingerprint density at radius 3 is 2.56 bits per heavy atom. The Hall–Kier alpha value is -1.20. The Kier molecular flexibility index (Phi) is 6.44. The van der Waals surface area contributed by atoms with Crippen LogP contribution in [0.15, 0.2) is 29.2 Å². The zero-order chi connectivity index (χ0) is 18.7. The Bertz CT molecular complexity index is 792.